The predicted octanol–water partition coefficient (Wildman–Crippen LogP) is 5.71. The third kappa shape index (κ3) is 6.01. The van der Waals surface area contributed by atoms with E-state index < -0.39 is 0 Å². The highest BCUT2D eigenvalue weighted by Gasteiger charge is 2.29. The van der Waals surface area contributed by atoms with Crippen LogP contribution in [0.4, 0.5) is 0 Å². The molecule has 0 N–H and O–H groups in total. The summed E-state index contributed by atoms with van der Waals surface area (Å²) in [5, 5.41) is 0. The Morgan fingerprint density at radius 1 is 1.09 bits per heavy atom. The summed E-state index contributed by atoms with van der Waals surface area (Å²) in [6.45, 7) is 6.60. The molecule has 0 unspecified atom stereocenters. The average molecular weight is 435 g/mol. The fourth-order valence-corrected chi connectivity index (χ4v) is 4.89. The molecule has 0 bridgehead atoms. The van der Waals surface area contributed by atoms with Crippen LogP contribution < -0.4 is 4.74 Å². The van der Waals surface area contributed by atoms with Crippen LogP contribution in [0.25, 0.3) is 6.08 Å². The van der Waals surface area contributed by atoms with E-state index in [-0.39, 0.29) is 5.91 Å². The van der Waals surface area contributed by atoms with Gasteiger partial charge in [-0.05, 0) is 94.4 Å². The molecule has 4 nitrogen and oxygen atoms in total. The molecule has 1 fully saturated rings. The molecule has 0 heterocycles. The van der Waals surface area contributed by atoms with Gasteiger partial charge in [-0.1, -0.05) is 35.9 Å². The van der Waals surface area contributed by atoms with Crippen LogP contribution in [0.3, 0.4) is 0 Å². The Morgan fingerprint density at radius 3 is 2.53 bits per heavy atom. The van der Waals surface area contributed by atoms with Crippen molar-refractivity contribution in [1.82, 2.24) is 9.80 Å². The van der Waals surface area contributed by atoms with Crippen molar-refractivity contribution < 1.29 is 9.53 Å². The molecule has 2 aromatic carbocycles. The van der Waals surface area contributed by atoms with Crippen LogP contribution in [0.2, 0.25) is 0 Å². The largest absolute Gasteiger partial charge is 0.497 e. The first-order chi connectivity index (χ1) is 15.4. The molecule has 32 heavy (non-hydrogen) atoms. The molecule has 0 aromatic heterocycles. The number of amides is 1. The Bertz CT molecular complexity index is 931. The van der Waals surface area contributed by atoms with Gasteiger partial charge in [0, 0.05) is 25.2 Å². The number of ether oxygens (including phenoxy) is 1. The van der Waals surface area contributed by atoms with E-state index in [0.29, 0.717) is 11.8 Å². The molecule has 2 atom stereocenters. The Morgan fingerprint density at radius 2 is 1.84 bits per heavy atom. The standard InChI is InChI=1S/C28H38N2O2/c1-6-30(7-2)28(31)24-12-8-10-21(17-24)16-22-14-15-25(20-29(3)4)27(18-22)23-11-9-13-26(19-23)32-5/h8-13,16-17,19,25,27H,6-7,14-15,18,20H2,1-5H3/b22-16-/t25-,27-/m0/s1. The molecule has 1 aliphatic carbocycles. The zero-order valence-electron chi connectivity index (χ0n) is 20.3. The fourth-order valence-electron chi connectivity index (χ4n) is 4.89. The van der Waals surface area contributed by atoms with Crippen LogP contribution in [0.5, 0.6) is 5.75 Å². The summed E-state index contributed by atoms with van der Waals surface area (Å²) in [6, 6.07) is 16.6. The summed E-state index contributed by atoms with van der Waals surface area (Å²) in [4.78, 5) is 17.0. The van der Waals surface area contributed by atoms with Crippen LogP contribution in [0, 0.1) is 5.92 Å². The molecule has 172 valence electrons. The lowest BCUT2D eigenvalue weighted by Crippen LogP contribution is -2.30. The van der Waals surface area contributed by atoms with E-state index in [0.717, 1.165) is 49.4 Å². The highest BCUT2D eigenvalue weighted by atomic mass is 16.5. The van der Waals surface area contributed by atoms with Crippen molar-refractivity contribution in [3.05, 3.63) is 70.8 Å². The quantitative estimate of drug-likeness (QED) is 0.534. The first-order valence-corrected chi connectivity index (χ1v) is 11.8. The molecule has 2 aromatic rings. The second-order valence-corrected chi connectivity index (χ2v) is 9.05. The molecule has 4 heteroatoms. The van der Waals surface area contributed by atoms with Crippen LogP contribution >= 0.6 is 0 Å². The van der Waals surface area contributed by atoms with Gasteiger partial charge in [-0.2, -0.15) is 0 Å². The highest BCUT2D eigenvalue weighted by Crippen LogP contribution is 2.42. The summed E-state index contributed by atoms with van der Waals surface area (Å²) in [5.41, 5.74) is 4.70. The molecular weight excluding hydrogens is 396 g/mol. The maximum absolute atomic E-state index is 12.8. The Hall–Kier alpha value is -2.59. The number of benzene rings is 2. The van der Waals surface area contributed by atoms with Gasteiger partial charge >= 0.3 is 0 Å². The number of nitrogens with zero attached hydrogens (tertiary/aromatic N) is 2. The summed E-state index contributed by atoms with van der Waals surface area (Å²) in [7, 11) is 6.05. The van der Waals surface area contributed by atoms with Gasteiger partial charge in [0.15, 0.2) is 0 Å². The zero-order valence-corrected chi connectivity index (χ0v) is 20.3. The molecule has 0 saturated heterocycles. The summed E-state index contributed by atoms with van der Waals surface area (Å²) in [5.74, 6) is 2.11. The van der Waals surface area contributed by atoms with E-state index in [9.17, 15) is 4.79 Å². The lowest BCUT2D eigenvalue weighted by molar-refractivity contribution is 0.0773. The smallest absolute Gasteiger partial charge is 0.253 e. The molecule has 1 amide bonds. The van der Waals surface area contributed by atoms with Crippen LogP contribution in [-0.2, 0) is 0 Å². The molecular formula is C28H38N2O2. The minimum Gasteiger partial charge on any atom is -0.497 e. The topological polar surface area (TPSA) is 32.8 Å². The van der Waals surface area contributed by atoms with Gasteiger partial charge in [-0.15, -0.1) is 0 Å². The van der Waals surface area contributed by atoms with Crippen molar-refractivity contribution >= 4 is 12.0 Å². The second kappa shape index (κ2) is 11.3. The first kappa shape index (κ1) is 24.1. The molecule has 3 rings (SSSR count). The predicted molar refractivity (Wildman–Crippen MR) is 133 cm³/mol. The Kier molecular flexibility index (Phi) is 8.52. The third-order valence-corrected chi connectivity index (χ3v) is 6.56. The molecule has 0 aliphatic heterocycles. The average Bonchev–Trinajstić information content (AvgIpc) is 2.80. The molecule has 0 spiro atoms. The fraction of sp³-hybridized carbons (Fsp3) is 0.464. The molecule has 1 saturated carbocycles. The number of rotatable bonds is 8. The van der Waals surface area contributed by atoms with Gasteiger partial charge in [0.05, 0.1) is 7.11 Å². The summed E-state index contributed by atoms with van der Waals surface area (Å²) < 4.78 is 5.50. The van der Waals surface area contributed by atoms with E-state index in [1.165, 1.54) is 17.6 Å². The van der Waals surface area contributed by atoms with Crippen molar-refractivity contribution in [2.75, 3.05) is 40.8 Å². The maximum atomic E-state index is 12.8. The summed E-state index contributed by atoms with van der Waals surface area (Å²) in [6.07, 6.45) is 5.62. The number of carbonyl (C=O) groups excluding carboxylic acids is 1. The third-order valence-electron chi connectivity index (χ3n) is 6.56. The molecule has 0 radical (unpaired) electrons. The van der Waals surface area contributed by atoms with Gasteiger partial charge in [0.25, 0.3) is 5.91 Å². The van der Waals surface area contributed by atoms with E-state index in [1.54, 1.807) is 7.11 Å². The van der Waals surface area contributed by atoms with Gasteiger partial charge in [-0.25, -0.2) is 0 Å². The van der Waals surface area contributed by atoms with Crippen LogP contribution in [-0.4, -0.2) is 56.5 Å². The first-order valence-electron chi connectivity index (χ1n) is 11.8. The summed E-state index contributed by atoms with van der Waals surface area (Å²) >= 11 is 0. The SMILES string of the molecule is CCN(CC)C(=O)c1cccc(/C=C2/CC[C@@H](CN(C)C)[C@H](c3cccc(OC)c3)C2)c1. The van der Waals surface area contributed by atoms with E-state index in [1.807, 2.05) is 43.0 Å². The normalized spacial score (nSPS) is 19.9. The number of hydrogen-bond acceptors (Lipinski definition) is 3. The van der Waals surface area contributed by atoms with Crippen molar-refractivity contribution in [2.45, 2.75) is 39.0 Å². The van der Waals surface area contributed by atoms with Crippen molar-refractivity contribution in [2.24, 2.45) is 5.92 Å². The number of carbonyl (C=O) groups is 1. The lowest BCUT2D eigenvalue weighted by Gasteiger charge is -2.35. The van der Waals surface area contributed by atoms with Gasteiger partial charge in [-0.3, -0.25) is 4.79 Å². The highest BCUT2D eigenvalue weighted by molar-refractivity contribution is 5.94. The minimum atomic E-state index is 0.110. The lowest BCUT2D eigenvalue weighted by atomic mass is 9.73. The number of methoxy groups -OCH3 is 1. The second-order valence-electron chi connectivity index (χ2n) is 9.05. The minimum absolute atomic E-state index is 0.110. The van der Waals surface area contributed by atoms with E-state index in [2.05, 4.69) is 49.3 Å². The maximum Gasteiger partial charge on any atom is 0.253 e. The van der Waals surface area contributed by atoms with Crippen molar-refractivity contribution in [3.63, 3.8) is 0 Å². The zero-order chi connectivity index (χ0) is 23.1. The number of allylic oxidation sites excluding steroid dienone is 1. The Labute approximate surface area is 193 Å². The monoisotopic (exact) mass is 434 g/mol. The van der Waals surface area contributed by atoms with Crippen molar-refractivity contribution in [3.8, 4) is 5.75 Å². The Balaban J connectivity index is 1.86. The van der Waals surface area contributed by atoms with E-state index >= 15 is 0 Å². The van der Waals surface area contributed by atoms with Gasteiger partial charge in [0.1, 0.15) is 5.75 Å². The molecule has 1 aliphatic rings. The van der Waals surface area contributed by atoms with E-state index in [4.69, 9.17) is 4.74 Å². The van der Waals surface area contributed by atoms with Gasteiger partial charge < -0.3 is 14.5 Å². The number of hydrogen-bond donors (Lipinski definition) is 0. The van der Waals surface area contributed by atoms with Gasteiger partial charge in [0.2, 0.25) is 0 Å². The van der Waals surface area contributed by atoms with Crippen molar-refractivity contribution in [1.29, 1.82) is 0 Å². The van der Waals surface area contributed by atoms with Crippen LogP contribution in [0.1, 0.15) is 60.5 Å². The van der Waals surface area contributed by atoms with Crippen LogP contribution in [0.15, 0.2) is 54.1 Å².